The van der Waals surface area contributed by atoms with Crippen molar-refractivity contribution in [2.24, 2.45) is 0 Å². The average molecular weight is 273 g/mol. The molecule has 0 radical (unpaired) electrons. The molecule has 0 aliphatic carbocycles. The second kappa shape index (κ2) is 7.08. The number of carbonyl (C=O) groups is 1. The number of hydrogen-bond acceptors (Lipinski definition) is 4. The smallest absolute Gasteiger partial charge is 0.251 e. The fraction of sp³-hybridized carbons (Fsp3) is 0.417. The highest BCUT2D eigenvalue weighted by atomic mass is 35.5. The molecule has 1 amide bonds. The van der Waals surface area contributed by atoms with Crippen LogP contribution in [0, 0.1) is 0 Å². The lowest BCUT2D eigenvalue weighted by Gasteiger charge is -2.05. The molecule has 1 aliphatic heterocycles. The molecule has 0 bridgehead atoms. The summed E-state index contributed by atoms with van der Waals surface area (Å²) in [7, 11) is 1.89. The van der Waals surface area contributed by atoms with Crippen LogP contribution in [0.3, 0.4) is 0 Å². The molecular formula is C12H17ClN2O3. The Hall–Kier alpha value is -1.46. The molecular weight excluding hydrogens is 256 g/mol. The largest absolute Gasteiger partial charge is 0.454 e. The molecule has 2 N–H and O–H groups in total. The summed E-state index contributed by atoms with van der Waals surface area (Å²) in [6.07, 6.45) is 0.910. The van der Waals surface area contributed by atoms with Gasteiger partial charge in [0, 0.05) is 12.1 Å². The van der Waals surface area contributed by atoms with Crippen LogP contribution in [0.5, 0.6) is 11.5 Å². The first kappa shape index (κ1) is 14.6. The first-order chi connectivity index (χ1) is 8.31. The molecule has 0 fully saturated rings. The third kappa shape index (κ3) is 3.51. The van der Waals surface area contributed by atoms with E-state index in [4.69, 9.17) is 9.47 Å². The van der Waals surface area contributed by atoms with E-state index >= 15 is 0 Å². The molecule has 1 aromatic rings. The molecule has 0 atom stereocenters. The summed E-state index contributed by atoms with van der Waals surface area (Å²) in [5, 5.41) is 5.88. The van der Waals surface area contributed by atoms with E-state index in [9.17, 15) is 4.79 Å². The van der Waals surface area contributed by atoms with E-state index in [1.165, 1.54) is 0 Å². The Morgan fingerprint density at radius 3 is 2.83 bits per heavy atom. The summed E-state index contributed by atoms with van der Waals surface area (Å²) < 4.78 is 10.4. The van der Waals surface area contributed by atoms with Gasteiger partial charge in [0.15, 0.2) is 11.5 Å². The highest BCUT2D eigenvalue weighted by Gasteiger charge is 2.15. The number of carbonyl (C=O) groups excluding carboxylic acids is 1. The van der Waals surface area contributed by atoms with E-state index < -0.39 is 0 Å². The molecule has 0 spiro atoms. The third-order valence-corrected chi connectivity index (χ3v) is 2.52. The Kier molecular flexibility index (Phi) is 5.74. The first-order valence-corrected chi connectivity index (χ1v) is 5.63. The summed E-state index contributed by atoms with van der Waals surface area (Å²) >= 11 is 0. The van der Waals surface area contributed by atoms with Gasteiger partial charge in [-0.1, -0.05) is 0 Å². The van der Waals surface area contributed by atoms with Gasteiger partial charge in [0.1, 0.15) is 0 Å². The van der Waals surface area contributed by atoms with Crippen LogP contribution < -0.4 is 20.1 Å². The Morgan fingerprint density at radius 1 is 1.28 bits per heavy atom. The van der Waals surface area contributed by atoms with Crippen LogP contribution in [-0.4, -0.2) is 32.8 Å². The highest BCUT2D eigenvalue weighted by molar-refractivity contribution is 5.94. The van der Waals surface area contributed by atoms with E-state index in [1.54, 1.807) is 18.2 Å². The fourth-order valence-electron chi connectivity index (χ4n) is 1.61. The van der Waals surface area contributed by atoms with Crippen LogP contribution in [0.4, 0.5) is 0 Å². The van der Waals surface area contributed by atoms with E-state index in [0.717, 1.165) is 13.0 Å². The van der Waals surface area contributed by atoms with Gasteiger partial charge < -0.3 is 20.1 Å². The topological polar surface area (TPSA) is 59.6 Å². The maximum atomic E-state index is 11.8. The minimum Gasteiger partial charge on any atom is -0.454 e. The number of rotatable bonds is 5. The molecule has 2 rings (SSSR count). The molecule has 5 nitrogen and oxygen atoms in total. The van der Waals surface area contributed by atoms with Crippen molar-refractivity contribution in [3.05, 3.63) is 23.8 Å². The Bertz CT molecular complexity index is 412. The number of hydrogen-bond donors (Lipinski definition) is 2. The maximum Gasteiger partial charge on any atom is 0.251 e. The van der Waals surface area contributed by atoms with Crippen molar-refractivity contribution in [1.82, 2.24) is 10.6 Å². The summed E-state index contributed by atoms with van der Waals surface area (Å²) in [4.78, 5) is 11.8. The van der Waals surface area contributed by atoms with Gasteiger partial charge in [-0.05, 0) is 38.2 Å². The molecule has 18 heavy (non-hydrogen) atoms. The van der Waals surface area contributed by atoms with Crippen LogP contribution >= 0.6 is 12.4 Å². The SMILES string of the molecule is CNCCCNC(=O)c1ccc2c(c1)OCO2.Cl. The third-order valence-electron chi connectivity index (χ3n) is 2.52. The molecule has 0 saturated heterocycles. The second-order valence-electron chi connectivity index (χ2n) is 3.78. The Labute approximate surface area is 112 Å². The van der Waals surface area contributed by atoms with E-state index in [2.05, 4.69) is 10.6 Å². The minimum absolute atomic E-state index is 0. The molecule has 0 saturated carbocycles. The van der Waals surface area contributed by atoms with Gasteiger partial charge in [-0.2, -0.15) is 0 Å². The zero-order valence-electron chi connectivity index (χ0n) is 10.2. The quantitative estimate of drug-likeness (QED) is 0.790. The maximum absolute atomic E-state index is 11.8. The standard InChI is InChI=1S/C12H16N2O3.ClH/c1-13-5-2-6-14-12(15)9-3-4-10-11(7-9)17-8-16-10;/h3-4,7,13H,2,5-6,8H2,1H3,(H,14,15);1H. The Balaban J connectivity index is 0.00000162. The Morgan fingerprint density at radius 2 is 2.06 bits per heavy atom. The van der Waals surface area contributed by atoms with Gasteiger partial charge in [-0.3, -0.25) is 4.79 Å². The number of halogens is 1. The summed E-state index contributed by atoms with van der Waals surface area (Å²) in [6, 6.07) is 5.20. The molecule has 1 aromatic carbocycles. The molecule has 6 heteroatoms. The summed E-state index contributed by atoms with van der Waals surface area (Å²) in [5.74, 6) is 1.24. The molecule has 0 unspecified atom stereocenters. The molecule has 0 aromatic heterocycles. The predicted octanol–water partition coefficient (Wildman–Crippen LogP) is 1.18. The predicted molar refractivity (Wildman–Crippen MR) is 70.7 cm³/mol. The van der Waals surface area contributed by atoms with Crippen LogP contribution in [0.25, 0.3) is 0 Å². The number of nitrogens with one attached hydrogen (secondary N) is 2. The van der Waals surface area contributed by atoms with Crippen LogP contribution in [0.2, 0.25) is 0 Å². The van der Waals surface area contributed by atoms with E-state index in [-0.39, 0.29) is 25.1 Å². The average Bonchev–Trinajstić information content (AvgIpc) is 2.81. The molecule has 100 valence electrons. The van der Waals surface area contributed by atoms with Crippen LogP contribution in [0.1, 0.15) is 16.8 Å². The number of fused-ring (bicyclic) bond motifs is 1. The first-order valence-electron chi connectivity index (χ1n) is 5.63. The van der Waals surface area contributed by atoms with Crippen molar-refractivity contribution in [1.29, 1.82) is 0 Å². The number of benzene rings is 1. The zero-order valence-corrected chi connectivity index (χ0v) is 11.0. The number of amides is 1. The number of ether oxygens (including phenoxy) is 2. The van der Waals surface area contributed by atoms with Crippen molar-refractivity contribution in [2.45, 2.75) is 6.42 Å². The van der Waals surface area contributed by atoms with Crippen molar-refractivity contribution in [3.63, 3.8) is 0 Å². The summed E-state index contributed by atoms with van der Waals surface area (Å²) in [6.45, 7) is 1.78. The van der Waals surface area contributed by atoms with E-state index in [0.29, 0.717) is 23.6 Å². The van der Waals surface area contributed by atoms with Gasteiger partial charge in [-0.15, -0.1) is 12.4 Å². The van der Waals surface area contributed by atoms with Gasteiger partial charge in [0.2, 0.25) is 6.79 Å². The lowest BCUT2D eigenvalue weighted by Crippen LogP contribution is -2.26. The molecule has 1 heterocycles. The van der Waals surface area contributed by atoms with Crippen LogP contribution in [-0.2, 0) is 0 Å². The van der Waals surface area contributed by atoms with Crippen LogP contribution in [0.15, 0.2) is 18.2 Å². The van der Waals surface area contributed by atoms with Crippen molar-refractivity contribution >= 4 is 18.3 Å². The summed E-state index contributed by atoms with van der Waals surface area (Å²) in [5.41, 5.74) is 0.596. The van der Waals surface area contributed by atoms with Crippen molar-refractivity contribution in [3.8, 4) is 11.5 Å². The monoisotopic (exact) mass is 272 g/mol. The van der Waals surface area contributed by atoms with E-state index in [1.807, 2.05) is 7.05 Å². The second-order valence-corrected chi connectivity index (χ2v) is 3.78. The van der Waals surface area contributed by atoms with Gasteiger partial charge in [0.25, 0.3) is 5.91 Å². The van der Waals surface area contributed by atoms with Crippen molar-refractivity contribution in [2.75, 3.05) is 26.9 Å². The van der Waals surface area contributed by atoms with Gasteiger partial charge in [0.05, 0.1) is 0 Å². The minimum atomic E-state index is -0.0839. The van der Waals surface area contributed by atoms with Gasteiger partial charge >= 0.3 is 0 Å². The fourth-order valence-corrected chi connectivity index (χ4v) is 1.61. The lowest BCUT2D eigenvalue weighted by molar-refractivity contribution is 0.0953. The van der Waals surface area contributed by atoms with Gasteiger partial charge in [-0.25, -0.2) is 0 Å². The zero-order chi connectivity index (χ0) is 12.1. The molecule has 1 aliphatic rings. The van der Waals surface area contributed by atoms with Crippen molar-refractivity contribution < 1.29 is 14.3 Å². The normalized spacial score (nSPS) is 11.8. The highest BCUT2D eigenvalue weighted by Crippen LogP contribution is 2.32. The lowest BCUT2D eigenvalue weighted by atomic mass is 10.2.